The van der Waals surface area contributed by atoms with Crippen molar-refractivity contribution in [2.75, 3.05) is 5.32 Å². The standard InChI is InChI=1S/C23H26FN5O/c1-4-12-29-15-19(17(3)28-29)14-25-23(26-20-8-6-5-7-9-20)27-22(30)18-11-10-16(2)21(24)13-18/h5-11,13,15H,4,12,14H2,1-3H3,(H2,25,26,27,30). The van der Waals surface area contributed by atoms with Gasteiger partial charge in [0, 0.05) is 29.6 Å². The number of anilines is 1. The number of aliphatic imine (C=N–C) groups is 1. The van der Waals surface area contributed by atoms with Gasteiger partial charge in [0.2, 0.25) is 5.96 Å². The van der Waals surface area contributed by atoms with Crippen molar-refractivity contribution in [3.05, 3.63) is 82.9 Å². The van der Waals surface area contributed by atoms with Gasteiger partial charge in [0.1, 0.15) is 5.82 Å². The molecule has 2 aromatic carbocycles. The van der Waals surface area contributed by atoms with Crippen molar-refractivity contribution < 1.29 is 9.18 Å². The maximum atomic E-state index is 13.9. The molecular weight excluding hydrogens is 381 g/mol. The summed E-state index contributed by atoms with van der Waals surface area (Å²) in [5, 5.41) is 10.4. The smallest absolute Gasteiger partial charge is 0.258 e. The lowest BCUT2D eigenvalue weighted by atomic mass is 10.1. The second-order valence-electron chi connectivity index (χ2n) is 7.08. The summed E-state index contributed by atoms with van der Waals surface area (Å²) in [5.41, 5.74) is 3.38. The van der Waals surface area contributed by atoms with Gasteiger partial charge < -0.3 is 5.32 Å². The zero-order valence-corrected chi connectivity index (χ0v) is 17.4. The molecule has 0 atom stereocenters. The second kappa shape index (κ2) is 9.82. The SMILES string of the molecule is CCCn1cc(CN=C(NC(=O)c2ccc(C)c(F)c2)Nc2ccccc2)c(C)n1. The first-order chi connectivity index (χ1) is 14.5. The zero-order chi connectivity index (χ0) is 21.5. The van der Waals surface area contributed by atoms with Crippen LogP contribution in [0.25, 0.3) is 0 Å². The summed E-state index contributed by atoms with van der Waals surface area (Å²) in [6.07, 6.45) is 2.97. The van der Waals surface area contributed by atoms with Crippen LogP contribution in [-0.4, -0.2) is 21.6 Å². The highest BCUT2D eigenvalue weighted by Gasteiger charge is 2.12. The van der Waals surface area contributed by atoms with E-state index in [9.17, 15) is 9.18 Å². The van der Waals surface area contributed by atoms with Crippen molar-refractivity contribution >= 4 is 17.6 Å². The molecule has 1 heterocycles. The van der Waals surface area contributed by atoms with Crippen molar-refractivity contribution in [3.8, 4) is 0 Å². The molecule has 0 bridgehead atoms. The van der Waals surface area contributed by atoms with Gasteiger partial charge in [-0.3, -0.25) is 14.8 Å². The third-order valence-corrected chi connectivity index (χ3v) is 4.61. The summed E-state index contributed by atoms with van der Waals surface area (Å²) in [5.74, 6) is -0.569. The monoisotopic (exact) mass is 407 g/mol. The Morgan fingerprint density at radius 3 is 2.63 bits per heavy atom. The van der Waals surface area contributed by atoms with E-state index in [4.69, 9.17) is 0 Å². The highest BCUT2D eigenvalue weighted by atomic mass is 19.1. The Morgan fingerprint density at radius 1 is 1.17 bits per heavy atom. The molecule has 6 nitrogen and oxygen atoms in total. The van der Waals surface area contributed by atoms with E-state index in [2.05, 4.69) is 27.6 Å². The molecule has 30 heavy (non-hydrogen) atoms. The molecule has 7 heteroatoms. The maximum absolute atomic E-state index is 13.9. The molecule has 3 aromatic rings. The van der Waals surface area contributed by atoms with Crippen LogP contribution >= 0.6 is 0 Å². The lowest BCUT2D eigenvalue weighted by molar-refractivity contribution is 0.0976. The van der Waals surface area contributed by atoms with E-state index in [0.29, 0.717) is 12.1 Å². The molecular formula is C23H26FN5O. The number of amides is 1. The fourth-order valence-corrected chi connectivity index (χ4v) is 2.90. The van der Waals surface area contributed by atoms with Crippen molar-refractivity contribution in [3.63, 3.8) is 0 Å². The first-order valence-corrected chi connectivity index (χ1v) is 9.93. The summed E-state index contributed by atoms with van der Waals surface area (Å²) in [4.78, 5) is 17.2. The van der Waals surface area contributed by atoms with Crippen molar-refractivity contribution in [1.29, 1.82) is 0 Å². The molecule has 2 N–H and O–H groups in total. The number of hydrogen-bond acceptors (Lipinski definition) is 3. The Morgan fingerprint density at radius 2 is 1.93 bits per heavy atom. The molecule has 0 saturated heterocycles. The van der Waals surface area contributed by atoms with Crippen LogP contribution in [0.3, 0.4) is 0 Å². The van der Waals surface area contributed by atoms with Crippen LogP contribution < -0.4 is 10.6 Å². The van der Waals surface area contributed by atoms with Crippen LogP contribution in [0, 0.1) is 19.7 Å². The molecule has 0 aliphatic heterocycles. The van der Waals surface area contributed by atoms with Crippen LogP contribution in [0.4, 0.5) is 10.1 Å². The third-order valence-electron chi connectivity index (χ3n) is 4.61. The number of halogens is 1. The summed E-state index contributed by atoms with van der Waals surface area (Å²) >= 11 is 0. The van der Waals surface area contributed by atoms with Crippen LogP contribution in [0.5, 0.6) is 0 Å². The average molecular weight is 407 g/mol. The Kier molecular flexibility index (Phi) is 6.95. The number of aryl methyl sites for hydroxylation is 3. The number of guanidine groups is 1. The topological polar surface area (TPSA) is 71.3 Å². The van der Waals surface area contributed by atoms with E-state index < -0.39 is 11.7 Å². The number of aromatic nitrogens is 2. The zero-order valence-electron chi connectivity index (χ0n) is 17.4. The molecule has 0 saturated carbocycles. The van der Waals surface area contributed by atoms with E-state index in [1.54, 1.807) is 19.1 Å². The van der Waals surface area contributed by atoms with Gasteiger partial charge in [-0.25, -0.2) is 9.38 Å². The van der Waals surface area contributed by atoms with Gasteiger partial charge in [0.15, 0.2) is 0 Å². The van der Waals surface area contributed by atoms with Crippen LogP contribution in [0.15, 0.2) is 59.7 Å². The number of benzene rings is 2. The maximum Gasteiger partial charge on any atom is 0.258 e. The number of hydrogen-bond donors (Lipinski definition) is 2. The Balaban J connectivity index is 1.81. The predicted octanol–water partition coefficient (Wildman–Crippen LogP) is 4.45. The lowest BCUT2D eigenvalue weighted by Gasteiger charge is -2.12. The summed E-state index contributed by atoms with van der Waals surface area (Å²) in [6, 6.07) is 13.8. The Labute approximate surface area is 175 Å². The van der Waals surface area contributed by atoms with Gasteiger partial charge in [-0.15, -0.1) is 0 Å². The molecule has 0 radical (unpaired) electrons. The minimum Gasteiger partial charge on any atom is -0.326 e. The molecule has 0 fully saturated rings. The number of carbonyl (C=O) groups excluding carboxylic acids is 1. The first-order valence-electron chi connectivity index (χ1n) is 9.93. The number of nitrogens with one attached hydrogen (secondary N) is 2. The van der Waals surface area contributed by atoms with Gasteiger partial charge in [-0.2, -0.15) is 5.10 Å². The van der Waals surface area contributed by atoms with Gasteiger partial charge in [0.25, 0.3) is 5.91 Å². The van der Waals surface area contributed by atoms with Crippen LogP contribution in [0.1, 0.15) is 40.5 Å². The minimum atomic E-state index is -0.436. The molecule has 1 amide bonds. The summed E-state index contributed by atoms with van der Waals surface area (Å²) < 4.78 is 15.8. The van der Waals surface area contributed by atoms with E-state index in [0.717, 1.165) is 29.9 Å². The summed E-state index contributed by atoms with van der Waals surface area (Å²) in [6.45, 7) is 6.89. The minimum absolute atomic E-state index is 0.229. The normalized spacial score (nSPS) is 11.4. The van der Waals surface area contributed by atoms with E-state index >= 15 is 0 Å². The quantitative estimate of drug-likeness (QED) is 0.469. The third kappa shape index (κ3) is 5.53. The lowest BCUT2D eigenvalue weighted by Crippen LogP contribution is -2.36. The molecule has 3 rings (SSSR count). The van der Waals surface area contributed by atoms with Crippen LogP contribution in [0.2, 0.25) is 0 Å². The van der Waals surface area contributed by atoms with Gasteiger partial charge in [-0.05, 0) is 50.1 Å². The number of nitrogens with zero attached hydrogens (tertiary/aromatic N) is 3. The highest BCUT2D eigenvalue weighted by Crippen LogP contribution is 2.11. The number of rotatable bonds is 6. The predicted molar refractivity (Wildman–Crippen MR) is 117 cm³/mol. The first kappa shape index (κ1) is 21.2. The molecule has 0 spiro atoms. The molecule has 1 aromatic heterocycles. The fraction of sp³-hybridized carbons (Fsp3) is 0.261. The summed E-state index contributed by atoms with van der Waals surface area (Å²) in [7, 11) is 0. The average Bonchev–Trinajstić information content (AvgIpc) is 3.08. The van der Waals surface area contributed by atoms with E-state index in [-0.39, 0.29) is 11.5 Å². The van der Waals surface area contributed by atoms with Crippen LogP contribution in [-0.2, 0) is 13.1 Å². The Bertz CT molecular complexity index is 1040. The number of carbonyl (C=O) groups is 1. The van der Waals surface area contributed by atoms with Gasteiger partial charge >= 0.3 is 0 Å². The number of para-hydroxylation sites is 1. The Hall–Kier alpha value is -3.48. The van der Waals surface area contributed by atoms with Gasteiger partial charge in [0.05, 0.1) is 12.2 Å². The molecule has 0 aliphatic carbocycles. The molecule has 0 unspecified atom stereocenters. The van der Waals surface area contributed by atoms with E-state index in [1.165, 1.54) is 6.07 Å². The highest BCUT2D eigenvalue weighted by molar-refractivity contribution is 6.09. The largest absolute Gasteiger partial charge is 0.326 e. The van der Waals surface area contributed by atoms with Gasteiger partial charge in [-0.1, -0.05) is 31.2 Å². The second-order valence-corrected chi connectivity index (χ2v) is 7.08. The fourth-order valence-electron chi connectivity index (χ4n) is 2.90. The van der Waals surface area contributed by atoms with Crippen molar-refractivity contribution in [2.45, 2.75) is 40.3 Å². The molecule has 0 aliphatic rings. The van der Waals surface area contributed by atoms with E-state index in [1.807, 2.05) is 48.1 Å². The van der Waals surface area contributed by atoms with Crippen molar-refractivity contribution in [2.24, 2.45) is 4.99 Å². The van der Waals surface area contributed by atoms with Crippen molar-refractivity contribution in [1.82, 2.24) is 15.1 Å². The molecule has 156 valence electrons.